The number of hydrogen-bond acceptors (Lipinski definition) is 8. The smallest absolute Gasteiger partial charge is 0.275 e. The number of hydrogen-bond donors (Lipinski definition) is 2. The molecule has 0 bridgehead atoms. The number of amides is 1. The van der Waals surface area contributed by atoms with Crippen molar-refractivity contribution < 1.29 is 18.7 Å². The molecule has 0 aliphatic heterocycles. The predicted molar refractivity (Wildman–Crippen MR) is 126 cm³/mol. The second-order valence-corrected chi connectivity index (χ2v) is 7.82. The predicted octanol–water partition coefficient (Wildman–Crippen LogP) is 3.47. The number of carbonyl (C=O) groups excluding carboxylic acids is 1. The van der Waals surface area contributed by atoms with E-state index in [1.54, 1.807) is 45.4 Å². The van der Waals surface area contributed by atoms with E-state index in [0.717, 1.165) is 11.1 Å². The third-order valence-corrected chi connectivity index (χ3v) is 5.43. The number of aromatic nitrogens is 4. The zero-order valence-corrected chi connectivity index (χ0v) is 19.6. The Labute approximate surface area is 200 Å². The SMILES string of the molecule is COc1ccc(-c2nc(Cn3nnc(C(=O)NCc4ccc(Cl)cc4)c3N)c(C)o2)cc1OC. The molecule has 0 saturated heterocycles. The summed E-state index contributed by atoms with van der Waals surface area (Å²) in [6, 6.07) is 12.5. The minimum Gasteiger partial charge on any atom is -0.493 e. The summed E-state index contributed by atoms with van der Waals surface area (Å²) in [4.78, 5) is 17.1. The fourth-order valence-corrected chi connectivity index (χ4v) is 3.40. The fourth-order valence-electron chi connectivity index (χ4n) is 3.28. The average molecular weight is 483 g/mol. The summed E-state index contributed by atoms with van der Waals surface area (Å²) in [7, 11) is 3.13. The van der Waals surface area contributed by atoms with Gasteiger partial charge in [-0.2, -0.15) is 0 Å². The van der Waals surface area contributed by atoms with E-state index in [-0.39, 0.29) is 18.1 Å². The van der Waals surface area contributed by atoms with Gasteiger partial charge < -0.3 is 24.9 Å². The maximum absolute atomic E-state index is 12.6. The van der Waals surface area contributed by atoms with E-state index in [0.29, 0.717) is 40.4 Å². The van der Waals surface area contributed by atoms with Crippen LogP contribution < -0.4 is 20.5 Å². The number of anilines is 1. The Kier molecular flexibility index (Phi) is 6.69. The topological polar surface area (TPSA) is 130 Å². The van der Waals surface area contributed by atoms with E-state index in [9.17, 15) is 4.79 Å². The van der Waals surface area contributed by atoms with Crippen molar-refractivity contribution >= 4 is 23.3 Å². The Morgan fingerprint density at radius 3 is 2.59 bits per heavy atom. The van der Waals surface area contributed by atoms with Gasteiger partial charge >= 0.3 is 0 Å². The van der Waals surface area contributed by atoms with Crippen LogP contribution in [0.4, 0.5) is 5.82 Å². The number of aryl methyl sites for hydroxylation is 1. The molecule has 4 rings (SSSR count). The normalized spacial score (nSPS) is 10.8. The number of halogens is 1. The first-order valence-corrected chi connectivity index (χ1v) is 10.7. The lowest BCUT2D eigenvalue weighted by Gasteiger charge is -2.07. The number of nitrogens with one attached hydrogen (secondary N) is 1. The van der Waals surface area contributed by atoms with Gasteiger partial charge in [0.25, 0.3) is 5.91 Å². The minimum atomic E-state index is -0.429. The van der Waals surface area contributed by atoms with Crippen molar-refractivity contribution in [1.29, 1.82) is 0 Å². The molecular formula is C23H23ClN6O4. The van der Waals surface area contributed by atoms with Crippen molar-refractivity contribution in [2.24, 2.45) is 0 Å². The zero-order chi connectivity index (χ0) is 24.2. The van der Waals surface area contributed by atoms with E-state index in [2.05, 4.69) is 20.6 Å². The number of nitrogen functional groups attached to an aromatic ring is 1. The van der Waals surface area contributed by atoms with Crippen LogP contribution >= 0.6 is 11.6 Å². The molecule has 0 radical (unpaired) electrons. The van der Waals surface area contributed by atoms with Crippen molar-refractivity contribution in [2.45, 2.75) is 20.0 Å². The first-order chi connectivity index (χ1) is 16.4. The van der Waals surface area contributed by atoms with Gasteiger partial charge in [-0.3, -0.25) is 4.79 Å². The molecule has 2 heterocycles. The molecule has 0 aliphatic carbocycles. The van der Waals surface area contributed by atoms with Crippen LogP contribution in [0.3, 0.4) is 0 Å². The van der Waals surface area contributed by atoms with Gasteiger partial charge in [0.1, 0.15) is 11.5 Å². The molecule has 176 valence electrons. The largest absolute Gasteiger partial charge is 0.493 e. The number of nitrogens with two attached hydrogens (primary N) is 1. The highest BCUT2D eigenvalue weighted by molar-refractivity contribution is 6.30. The van der Waals surface area contributed by atoms with Gasteiger partial charge in [-0.25, -0.2) is 9.67 Å². The third-order valence-electron chi connectivity index (χ3n) is 5.18. The number of carbonyl (C=O) groups is 1. The first-order valence-electron chi connectivity index (χ1n) is 10.3. The average Bonchev–Trinajstić information content (AvgIpc) is 3.40. The number of rotatable bonds is 8. The quantitative estimate of drug-likeness (QED) is 0.390. The van der Waals surface area contributed by atoms with Gasteiger partial charge in [0.2, 0.25) is 5.89 Å². The number of nitrogens with zero attached hydrogens (tertiary/aromatic N) is 4. The zero-order valence-electron chi connectivity index (χ0n) is 18.8. The molecule has 0 atom stereocenters. The van der Waals surface area contributed by atoms with Gasteiger partial charge in [-0.1, -0.05) is 28.9 Å². The van der Waals surface area contributed by atoms with Crippen LogP contribution in [0.1, 0.15) is 27.5 Å². The van der Waals surface area contributed by atoms with Gasteiger partial charge in [0.15, 0.2) is 23.0 Å². The van der Waals surface area contributed by atoms with Crippen molar-refractivity contribution in [2.75, 3.05) is 20.0 Å². The Bertz CT molecular complexity index is 1320. The lowest BCUT2D eigenvalue weighted by atomic mass is 10.2. The van der Waals surface area contributed by atoms with E-state index < -0.39 is 5.91 Å². The Balaban J connectivity index is 1.48. The fraction of sp³-hybridized carbons (Fsp3) is 0.217. The van der Waals surface area contributed by atoms with Crippen molar-refractivity contribution in [1.82, 2.24) is 25.3 Å². The maximum atomic E-state index is 12.6. The van der Waals surface area contributed by atoms with Gasteiger partial charge in [0, 0.05) is 17.1 Å². The minimum absolute atomic E-state index is 0.0372. The third kappa shape index (κ3) is 4.81. The first kappa shape index (κ1) is 23.1. The molecule has 2 aromatic heterocycles. The van der Waals surface area contributed by atoms with Crippen LogP contribution in [0.2, 0.25) is 5.02 Å². The van der Waals surface area contributed by atoms with Crippen LogP contribution in [-0.2, 0) is 13.1 Å². The molecule has 11 heteroatoms. The molecule has 0 fully saturated rings. The van der Waals surface area contributed by atoms with Gasteiger partial charge in [0.05, 0.1) is 20.8 Å². The number of oxazole rings is 1. The molecular weight excluding hydrogens is 460 g/mol. The van der Waals surface area contributed by atoms with Crippen LogP contribution in [0.25, 0.3) is 11.5 Å². The summed E-state index contributed by atoms with van der Waals surface area (Å²) in [6.45, 7) is 2.28. The summed E-state index contributed by atoms with van der Waals surface area (Å²) in [5.74, 6) is 1.87. The highest BCUT2D eigenvalue weighted by Gasteiger charge is 2.20. The van der Waals surface area contributed by atoms with Crippen LogP contribution in [0.15, 0.2) is 46.9 Å². The van der Waals surface area contributed by atoms with E-state index >= 15 is 0 Å². The second kappa shape index (κ2) is 9.84. The summed E-state index contributed by atoms with van der Waals surface area (Å²) >= 11 is 5.89. The highest BCUT2D eigenvalue weighted by atomic mass is 35.5. The summed E-state index contributed by atoms with van der Waals surface area (Å²) in [5.41, 5.74) is 8.41. The monoisotopic (exact) mass is 482 g/mol. The standard InChI is InChI=1S/C23H23ClN6O4/c1-13-17(27-23(34-13)15-6-9-18(32-2)19(10-15)33-3)12-30-21(25)20(28-29-30)22(31)26-11-14-4-7-16(24)8-5-14/h4-10H,11-12,25H2,1-3H3,(H,26,31). The van der Waals surface area contributed by atoms with Gasteiger partial charge in [-0.15, -0.1) is 5.10 Å². The van der Waals surface area contributed by atoms with Crippen molar-refractivity contribution in [3.8, 4) is 23.0 Å². The Hall–Kier alpha value is -4.05. The molecule has 0 unspecified atom stereocenters. The Morgan fingerprint density at radius 2 is 1.88 bits per heavy atom. The van der Waals surface area contributed by atoms with E-state index in [1.807, 2.05) is 18.2 Å². The molecule has 0 aliphatic rings. The highest BCUT2D eigenvalue weighted by Crippen LogP contribution is 2.32. The van der Waals surface area contributed by atoms with Crippen LogP contribution in [-0.4, -0.2) is 40.1 Å². The summed E-state index contributed by atoms with van der Waals surface area (Å²) in [5, 5.41) is 11.4. The van der Waals surface area contributed by atoms with Crippen molar-refractivity contribution in [3.05, 3.63) is 70.2 Å². The summed E-state index contributed by atoms with van der Waals surface area (Å²) < 4.78 is 17.9. The second-order valence-electron chi connectivity index (χ2n) is 7.38. The molecule has 10 nitrogen and oxygen atoms in total. The summed E-state index contributed by atoms with van der Waals surface area (Å²) in [6.07, 6.45) is 0. The Morgan fingerprint density at radius 1 is 1.15 bits per heavy atom. The molecule has 0 spiro atoms. The lowest BCUT2D eigenvalue weighted by Crippen LogP contribution is -2.24. The maximum Gasteiger partial charge on any atom is 0.275 e. The van der Waals surface area contributed by atoms with Crippen molar-refractivity contribution in [3.63, 3.8) is 0 Å². The number of ether oxygens (including phenoxy) is 2. The molecule has 0 saturated carbocycles. The number of benzene rings is 2. The molecule has 4 aromatic rings. The van der Waals surface area contributed by atoms with E-state index in [4.69, 9.17) is 31.2 Å². The van der Waals surface area contributed by atoms with Gasteiger partial charge in [-0.05, 0) is 42.8 Å². The lowest BCUT2D eigenvalue weighted by molar-refractivity contribution is 0.0946. The van der Waals surface area contributed by atoms with Crippen LogP contribution in [0.5, 0.6) is 11.5 Å². The van der Waals surface area contributed by atoms with E-state index in [1.165, 1.54) is 4.68 Å². The molecule has 3 N–H and O–H groups in total. The molecule has 34 heavy (non-hydrogen) atoms. The molecule has 1 amide bonds. The van der Waals surface area contributed by atoms with Crippen LogP contribution in [0, 0.1) is 6.92 Å². The number of methoxy groups -OCH3 is 2. The molecule has 2 aromatic carbocycles.